The Labute approximate surface area is 129 Å². The third-order valence-corrected chi connectivity index (χ3v) is 4.10. The number of aromatic nitrogens is 1. The second-order valence-electron chi connectivity index (χ2n) is 4.95. The molecule has 0 radical (unpaired) electrons. The lowest BCUT2D eigenvalue weighted by Gasteiger charge is -2.18. The molecule has 2 rings (SSSR count). The Bertz CT molecular complexity index is 638. The average molecular weight is 302 g/mol. The van der Waals surface area contributed by atoms with Crippen LogP contribution in [0.3, 0.4) is 0 Å². The van der Waals surface area contributed by atoms with Crippen molar-refractivity contribution in [3.63, 3.8) is 0 Å². The largest absolute Gasteiger partial charge is 0.618 e. The second kappa shape index (κ2) is 6.63. The number of nitrogens with zero attached hydrogens (tertiary/aromatic N) is 2. The molecule has 0 spiro atoms. The fourth-order valence-electron chi connectivity index (χ4n) is 2.05. The summed E-state index contributed by atoms with van der Waals surface area (Å²) in [5.41, 5.74) is 3.12. The topological polar surface area (TPSA) is 47.2 Å². The maximum Gasteiger partial charge on any atom is 0.251 e. The molecule has 0 unspecified atom stereocenters. The summed E-state index contributed by atoms with van der Waals surface area (Å²) in [5.74, 6) is 0.198. The minimum Gasteiger partial charge on any atom is -0.618 e. The van der Waals surface area contributed by atoms with Crippen LogP contribution in [0.5, 0.6) is 0 Å². The third kappa shape index (κ3) is 3.98. The molecule has 5 heteroatoms. The minimum atomic E-state index is -0.0335. The fourth-order valence-corrected chi connectivity index (χ4v) is 2.87. The van der Waals surface area contributed by atoms with Gasteiger partial charge in [-0.15, -0.1) is 0 Å². The van der Waals surface area contributed by atoms with Gasteiger partial charge in [0.2, 0.25) is 5.91 Å². The number of hydrogen-bond acceptors (Lipinski definition) is 3. The molecule has 0 aliphatic rings. The molecule has 1 amide bonds. The molecule has 0 atom stereocenters. The zero-order valence-corrected chi connectivity index (χ0v) is 13.2. The first-order valence-corrected chi connectivity index (χ1v) is 7.62. The molecule has 0 saturated heterocycles. The van der Waals surface area contributed by atoms with E-state index in [4.69, 9.17) is 0 Å². The summed E-state index contributed by atoms with van der Waals surface area (Å²) in [6.45, 7) is 4.02. The van der Waals surface area contributed by atoms with Crippen molar-refractivity contribution in [2.24, 2.45) is 0 Å². The van der Waals surface area contributed by atoms with E-state index in [1.165, 1.54) is 18.0 Å². The zero-order valence-electron chi connectivity index (χ0n) is 12.4. The smallest absolute Gasteiger partial charge is 0.251 e. The summed E-state index contributed by atoms with van der Waals surface area (Å²) in [6.07, 6.45) is 1.43. The fraction of sp³-hybridized carbons (Fsp3) is 0.250. The number of anilines is 1. The molecule has 0 aliphatic heterocycles. The highest BCUT2D eigenvalue weighted by molar-refractivity contribution is 7.99. The zero-order chi connectivity index (χ0) is 15.4. The molecule has 0 fully saturated rings. The van der Waals surface area contributed by atoms with Crippen LogP contribution in [0, 0.1) is 19.1 Å². The highest BCUT2D eigenvalue weighted by atomic mass is 32.2. The molecule has 110 valence electrons. The van der Waals surface area contributed by atoms with E-state index >= 15 is 0 Å². The van der Waals surface area contributed by atoms with Gasteiger partial charge < -0.3 is 10.1 Å². The van der Waals surface area contributed by atoms with Gasteiger partial charge in [0.1, 0.15) is 0 Å². The summed E-state index contributed by atoms with van der Waals surface area (Å²) < 4.78 is 0.773. The predicted octanol–water partition coefficient (Wildman–Crippen LogP) is 2.69. The van der Waals surface area contributed by atoms with E-state index in [2.05, 4.69) is 6.07 Å². The van der Waals surface area contributed by atoms with E-state index in [1.807, 2.05) is 26.0 Å². The predicted molar refractivity (Wildman–Crippen MR) is 85.5 cm³/mol. The molecule has 0 bridgehead atoms. The number of hydrogen-bond donors (Lipinski definition) is 0. The molecular formula is C16H18N2O2S. The van der Waals surface area contributed by atoms with E-state index in [1.54, 1.807) is 30.1 Å². The Balaban J connectivity index is 2.04. The van der Waals surface area contributed by atoms with Crippen LogP contribution in [-0.4, -0.2) is 18.7 Å². The van der Waals surface area contributed by atoms with E-state index in [9.17, 15) is 10.0 Å². The third-order valence-electron chi connectivity index (χ3n) is 3.10. The number of carbonyl (C=O) groups excluding carboxylic acids is 1. The Morgan fingerprint density at radius 2 is 1.90 bits per heavy atom. The summed E-state index contributed by atoms with van der Waals surface area (Å²) in [5, 5.41) is 12.1. The van der Waals surface area contributed by atoms with Crippen LogP contribution in [-0.2, 0) is 4.79 Å². The van der Waals surface area contributed by atoms with Crippen LogP contribution in [0.2, 0.25) is 0 Å². The molecule has 1 heterocycles. The number of pyridine rings is 1. The van der Waals surface area contributed by atoms with Crippen molar-refractivity contribution in [1.82, 2.24) is 0 Å². The van der Waals surface area contributed by atoms with Gasteiger partial charge in [-0.05, 0) is 54.9 Å². The lowest BCUT2D eigenvalue weighted by molar-refractivity contribution is -0.645. The van der Waals surface area contributed by atoms with Crippen molar-refractivity contribution in [2.45, 2.75) is 18.9 Å². The van der Waals surface area contributed by atoms with Crippen LogP contribution < -0.4 is 9.63 Å². The number of benzene rings is 1. The molecule has 0 aliphatic carbocycles. The van der Waals surface area contributed by atoms with E-state index in [-0.39, 0.29) is 11.7 Å². The van der Waals surface area contributed by atoms with Crippen molar-refractivity contribution < 1.29 is 9.52 Å². The van der Waals surface area contributed by atoms with Crippen molar-refractivity contribution in [1.29, 1.82) is 0 Å². The molecule has 1 aromatic heterocycles. The van der Waals surface area contributed by atoms with Crippen LogP contribution in [0.15, 0.2) is 47.6 Å². The first kappa shape index (κ1) is 15.4. The average Bonchev–Trinajstić information content (AvgIpc) is 2.44. The quantitative estimate of drug-likeness (QED) is 0.495. The summed E-state index contributed by atoms with van der Waals surface area (Å²) >= 11 is 1.25. The van der Waals surface area contributed by atoms with Crippen LogP contribution in [0.1, 0.15) is 11.1 Å². The highest BCUT2D eigenvalue weighted by Gasteiger charge is 2.14. The molecular weight excluding hydrogens is 284 g/mol. The van der Waals surface area contributed by atoms with Gasteiger partial charge in [0, 0.05) is 24.9 Å². The number of carbonyl (C=O) groups is 1. The van der Waals surface area contributed by atoms with Gasteiger partial charge in [0.15, 0.2) is 6.20 Å². The maximum absolute atomic E-state index is 12.2. The first-order valence-electron chi connectivity index (χ1n) is 6.63. The monoisotopic (exact) mass is 302 g/mol. The van der Waals surface area contributed by atoms with Gasteiger partial charge in [-0.2, -0.15) is 4.73 Å². The Hall–Kier alpha value is -2.01. The summed E-state index contributed by atoms with van der Waals surface area (Å²) in [7, 11) is 1.76. The molecule has 0 N–H and O–H groups in total. The SMILES string of the molecule is Cc1cc(C)cc(N(C)C(=O)CSc2cccc[n+]2[O-])c1. The van der Waals surface area contributed by atoms with Crippen LogP contribution in [0.25, 0.3) is 0 Å². The maximum atomic E-state index is 12.2. The Kier molecular flexibility index (Phi) is 4.85. The van der Waals surface area contributed by atoms with E-state index < -0.39 is 0 Å². The first-order chi connectivity index (χ1) is 9.97. The van der Waals surface area contributed by atoms with Gasteiger partial charge in [-0.1, -0.05) is 6.07 Å². The molecule has 21 heavy (non-hydrogen) atoms. The van der Waals surface area contributed by atoms with Crippen molar-refractivity contribution in [3.8, 4) is 0 Å². The van der Waals surface area contributed by atoms with Crippen molar-refractivity contribution >= 4 is 23.4 Å². The number of thioether (sulfide) groups is 1. The van der Waals surface area contributed by atoms with Gasteiger partial charge in [0.25, 0.3) is 5.03 Å². The van der Waals surface area contributed by atoms with Crippen LogP contribution in [0.4, 0.5) is 5.69 Å². The minimum absolute atomic E-state index is 0.0335. The molecule has 0 saturated carbocycles. The molecule has 1 aromatic carbocycles. The van der Waals surface area contributed by atoms with Crippen molar-refractivity contribution in [3.05, 3.63) is 58.9 Å². The number of aryl methyl sites for hydroxylation is 2. The Morgan fingerprint density at radius 1 is 1.24 bits per heavy atom. The van der Waals surface area contributed by atoms with Gasteiger partial charge in [0.05, 0.1) is 5.75 Å². The summed E-state index contributed by atoms with van der Waals surface area (Å²) in [4.78, 5) is 13.9. The standard InChI is InChI=1S/C16H18N2O2S/c1-12-8-13(2)10-14(9-12)17(3)15(19)11-21-16-6-4-5-7-18(16)20/h4-10H,11H2,1-3H3. The van der Waals surface area contributed by atoms with Crippen molar-refractivity contribution in [2.75, 3.05) is 17.7 Å². The highest BCUT2D eigenvalue weighted by Crippen LogP contribution is 2.20. The van der Waals surface area contributed by atoms with E-state index in [0.29, 0.717) is 5.03 Å². The van der Waals surface area contributed by atoms with Gasteiger partial charge in [-0.25, -0.2) is 0 Å². The van der Waals surface area contributed by atoms with Gasteiger partial charge >= 0.3 is 0 Å². The number of rotatable bonds is 4. The number of amides is 1. The second-order valence-corrected chi connectivity index (χ2v) is 5.95. The van der Waals surface area contributed by atoms with Gasteiger partial charge in [-0.3, -0.25) is 4.79 Å². The Morgan fingerprint density at radius 3 is 2.52 bits per heavy atom. The molecule has 4 nitrogen and oxygen atoms in total. The lowest BCUT2D eigenvalue weighted by atomic mass is 10.1. The summed E-state index contributed by atoms with van der Waals surface area (Å²) in [6, 6.07) is 11.2. The van der Waals surface area contributed by atoms with E-state index in [0.717, 1.165) is 21.5 Å². The lowest BCUT2D eigenvalue weighted by Crippen LogP contribution is -2.31. The normalized spacial score (nSPS) is 10.4. The molecule has 2 aromatic rings. The van der Waals surface area contributed by atoms with Crippen LogP contribution >= 0.6 is 11.8 Å².